The number of aliphatic hydroxyl groups excluding tert-OH is 1. The first kappa shape index (κ1) is 24.3. The average Bonchev–Trinajstić information content (AvgIpc) is 2.66. The number of carbonyl (C=O) groups excluding carboxylic acids is 1. The number of hydrogen-bond donors (Lipinski definition) is 3. The number of ether oxygens (including phenoxy) is 2. The van der Waals surface area contributed by atoms with Crippen molar-refractivity contribution in [2.75, 3.05) is 20.3 Å². The number of halogens is 4. The standard InChI is InChI=1S/C19H21F4N3O5/c1-18(2,9-30-3)17-25-12(7-15(28)26-17)16(29)24-13(8-27)10-4-5-14(11(20)6-10)31-19(21,22)23/h4-7,13,27H,8-9H2,1-3H3,(H,24,29)(H,25,26,28)/t13-/m1/s1. The van der Waals surface area contributed by atoms with Crippen LogP contribution in [0.1, 0.15) is 41.8 Å². The molecule has 2 rings (SSSR count). The molecular weight excluding hydrogens is 426 g/mol. The minimum atomic E-state index is -5.08. The maximum Gasteiger partial charge on any atom is 0.573 e. The number of carbonyl (C=O) groups is 1. The molecular formula is C19H21F4N3O5. The van der Waals surface area contributed by atoms with Gasteiger partial charge in [0.1, 0.15) is 11.5 Å². The molecule has 8 nitrogen and oxygen atoms in total. The lowest BCUT2D eigenvalue weighted by Crippen LogP contribution is -2.35. The maximum absolute atomic E-state index is 14.0. The van der Waals surface area contributed by atoms with Crippen molar-refractivity contribution >= 4 is 5.91 Å². The molecule has 0 aliphatic carbocycles. The monoisotopic (exact) mass is 447 g/mol. The van der Waals surface area contributed by atoms with Crippen LogP contribution in [0.15, 0.2) is 29.1 Å². The summed E-state index contributed by atoms with van der Waals surface area (Å²) in [5.41, 5.74) is -1.61. The van der Waals surface area contributed by atoms with Gasteiger partial charge in [0.15, 0.2) is 11.6 Å². The van der Waals surface area contributed by atoms with Crippen molar-refractivity contribution < 1.29 is 36.9 Å². The molecule has 0 saturated heterocycles. The van der Waals surface area contributed by atoms with E-state index in [1.807, 2.05) is 0 Å². The predicted molar refractivity (Wildman–Crippen MR) is 100 cm³/mol. The van der Waals surface area contributed by atoms with Gasteiger partial charge in [-0.3, -0.25) is 9.59 Å². The molecule has 170 valence electrons. The quantitative estimate of drug-likeness (QED) is 0.535. The minimum Gasteiger partial charge on any atom is -0.403 e. The van der Waals surface area contributed by atoms with Crippen molar-refractivity contribution in [3.8, 4) is 5.75 Å². The van der Waals surface area contributed by atoms with E-state index in [9.17, 15) is 32.3 Å². The Morgan fingerprint density at radius 3 is 2.52 bits per heavy atom. The van der Waals surface area contributed by atoms with E-state index in [-0.39, 0.29) is 23.7 Å². The van der Waals surface area contributed by atoms with Gasteiger partial charge in [0.05, 0.1) is 19.3 Å². The van der Waals surface area contributed by atoms with Crippen LogP contribution in [0, 0.1) is 5.82 Å². The molecule has 0 unspecified atom stereocenters. The Morgan fingerprint density at radius 2 is 1.97 bits per heavy atom. The van der Waals surface area contributed by atoms with Crippen LogP contribution in [-0.4, -0.2) is 47.7 Å². The molecule has 0 radical (unpaired) electrons. The number of hydrogen-bond acceptors (Lipinski definition) is 6. The van der Waals surface area contributed by atoms with E-state index < -0.39 is 47.5 Å². The van der Waals surface area contributed by atoms with Crippen molar-refractivity contribution in [1.29, 1.82) is 0 Å². The fraction of sp³-hybridized carbons (Fsp3) is 0.421. The lowest BCUT2D eigenvalue weighted by Gasteiger charge is -2.23. The van der Waals surface area contributed by atoms with Crippen LogP contribution in [0.3, 0.4) is 0 Å². The van der Waals surface area contributed by atoms with Gasteiger partial charge < -0.3 is 24.9 Å². The Bertz CT molecular complexity index is 991. The van der Waals surface area contributed by atoms with Crippen LogP contribution in [0.5, 0.6) is 5.75 Å². The number of methoxy groups -OCH3 is 1. The number of aromatic nitrogens is 2. The molecule has 1 amide bonds. The highest BCUT2D eigenvalue weighted by Gasteiger charge is 2.32. The molecule has 0 aliphatic rings. The molecule has 1 aromatic heterocycles. The number of benzene rings is 1. The van der Waals surface area contributed by atoms with Gasteiger partial charge in [0, 0.05) is 18.6 Å². The molecule has 12 heteroatoms. The summed E-state index contributed by atoms with van der Waals surface area (Å²) in [6.07, 6.45) is -5.08. The zero-order chi connectivity index (χ0) is 23.4. The molecule has 0 spiro atoms. The summed E-state index contributed by atoms with van der Waals surface area (Å²) in [6, 6.07) is 2.24. The lowest BCUT2D eigenvalue weighted by atomic mass is 9.93. The van der Waals surface area contributed by atoms with Gasteiger partial charge in [-0.1, -0.05) is 19.9 Å². The molecule has 0 saturated carbocycles. The number of nitrogens with zero attached hydrogens (tertiary/aromatic N) is 1. The van der Waals surface area contributed by atoms with Crippen molar-refractivity contribution in [2.24, 2.45) is 0 Å². The number of nitrogens with one attached hydrogen (secondary N) is 2. The van der Waals surface area contributed by atoms with E-state index in [1.165, 1.54) is 7.11 Å². The zero-order valence-electron chi connectivity index (χ0n) is 16.8. The summed E-state index contributed by atoms with van der Waals surface area (Å²) >= 11 is 0. The molecule has 0 bridgehead atoms. The van der Waals surface area contributed by atoms with Gasteiger partial charge in [0.25, 0.3) is 11.5 Å². The second-order valence-electron chi connectivity index (χ2n) is 7.24. The number of alkyl halides is 3. The fourth-order valence-corrected chi connectivity index (χ4v) is 2.73. The highest BCUT2D eigenvalue weighted by Crippen LogP contribution is 2.28. The summed E-state index contributed by atoms with van der Waals surface area (Å²) in [7, 11) is 1.46. The largest absolute Gasteiger partial charge is 0.573 e. The molecule has 2 aromatic rings. The van der Waals surface area contributed by atoms with Crippen molar-refractivity contribution in [3.63, 3.8) is 0 Å². The number of rotatable bonds is 8. The first-order valence-corrected chi connectivity index (χ1v) is 8.94. The third kappa shape index (κ3) is 6.49. The van der Waals surface area contributed by atoms with Crippen LogP contribution in [0.2, 0.25) is 0 Å². The number of H-pyrrole nitrogens is 1. The van der Waals surface area contributed by atoms with E-state index in [4.69, 9.17) is 4.74 Å². The highest BCUT2D eigenvalue weighted by molar-refractivity contribution is 5.92. The van der Waals surface area contributed by atoms with Gasteiger partial charge in [0.2, 0.25) is 0 Å². The van der Waals surface area contributed by atoms with Gasteiger partial charge in [-0.05, 0) is 17.7 Å². The number of aliphatic hydroxyl groups is 1. The van der Waals surface area contributed by atoms with Crippen LogP contribution in [0.25, 0.3) is 0 Å². The van der Waals surface area contributed by atoms with Gasteiger partial charge >= 0.3 is 6.36 Å². The second-order valence-corrected chi connectivity index (χ2v) is 7.24. The lowest BCUT2D eigenvalue weighted by molar-refractivity contribution is -0.275. The van der Waals surface area contributed by atoms with Gasteiger partial charge in [-0.15, -0.1) is 13.2 Å². The molecule has 0 fully saturated rings. The Kier molecular flexibility index (Phi) is 7.39. The van der Waals surface area contributed by atoms with Crippen LogP contribution >= 0.6 is 0 Å². The first-order valence-electron chi connectivity index (χ1n) is 8.94. The molecule has 0 aliphatic heterocycles. The Balaban J connectivity index is 2.27. The van der Waals surface area contributed by atoms with Crippen LogP contribution < -0.4 is 15.6 Å². The van der Waals surface area contributed by atoms with E-state index in [0.717, 1.165) is 18.2 Å². The summed E-state index contributed by atoms with van der Waals surface area (Å²) in [5.74, 6) is -3.05. The minimum absolute atomic E-state index is 0.0207. The summed E-state index contributed by atoms with van der Waals surface area (Å²) in [5, 5.41) is 11.9. The average molecular weight is 447 g/mol. The van der Waals surface area contributed by atoms with Crippen molar-refractivity contribution in [2.45, 2.75) is 31.7 Å². The molecule has 31 heavy (non-hydrogen) atoms. The fourth-order valence-electron chi connectivity index (χ4n) is 2.73. The van der Waals surface area contributed by atoms with Gasteiger partial charge in [-0.25, -0.2) is 9.37 Å². The molecule has 1 atom stereocenters. The topological polar surface area (TPSA) is 114 Å². The smallest absolute Gasteiger partial charge is 0.403 e. The van der Waals surface area contributed by atoms with Crippen LogP contribution in [0.4, 0.5) is 17.6 Å². The Morgan fingerprint density at radius 1 is 1.29 bits per heavy atom. The summed E-state index contributed by atoms with van der Waals surface area (Å²) in [6.45, 7) is 2.97. The maximum atomic E-state index is 14.0. The van der Waals surface area contributed by atoms with Gasteiger partial charge in [-0.2, -0.15) is 0 Å². The SMILES string of the molecule is COCC(C)(C)c1nc(C(=O)N[C@H](CO)c2ccc(OC(F)(F)F)c(F)c2)cc(=O)[nH]1. The van der Waals surface area contributed by atoms with Crippen molar-refractivity contribution in [1.82, 2.24) is 15.3 Å². The third-order valence-electron chi connectivity index (χ3n) is 4.19. The third-order valence-corrected chi connectivity index (χ3v) is 4.19. The molecule has 3 N–H and O–H groups in total. The predicted octanol–water partition coefficient (Wildman–Crippen LogP) is 2.20. The van der Waals surface area contributed by atoms with Crippen molar-refractivity contribution in [3.05, 3.63) is 57.5 Å². The van der Waals surface area contributed by atoms with E-state index in [1.54, 1.807) is 13.8 Å². The van der Waals surface area contributed by atoms with E-state index in [2.05, 4.69) is 20.0 Å². The first-order chi connectivity index (χ1) is 14.4. The molecule has 1 heterocycles. The van der Waals surface area contributed by atoms with E-state index >= 15 is 0 Å². The number of aromatic amines is 1. The Hall–Kier alpha value is -2.99. The Labute approximate surface area is 174 Å². The van der Waals surface area contributed by atoms with E-state index in [0.29, 0.717) is 6.07 Å². The van der Waals surface area contributed by atoms with Crippen LogP contribution in [-0.2, 0) is 10.2 Å². The number of amides is 1. The zero-order valence-corrected chi connectivity index (χ0v) is 16.8. The highest BCUT2D eigenvalue weighted by atomic mass is 19.4. The summed E-state index contributed by atoms with van der Waals surface area (Å²) < 4.78 is 59.4. The second kappa shape index (κ2) is 9.43. The molecule has 1 aromatic carbocycles. The normalized spacial score (nSPS) is 13.0. The summed E-state index contributed by atoms with van der Waals surface area (Å²) in [4.78, 5) is 31.2.